The summed E-state index contributed by atoms with van der Waals surface area (Å²) in [6, 6.07) is 10.1. The Morgan fingerprint density at radius 1 is 1.19 bits per heavy atom. The highest BCUT2D eigenvalue weighted by molar-refractivity contribution is 5.84. The maximum absolute atomic E-state index is 6.07. The second-order valence-electron chi connectivity index (χ2n) is 6.58. The van der Waals surface area contributed by atoms with Gasteiger partial charge in [0.05, 0.1) is 6.10 Å². The Morgan fingerprint density at radius 3 is 2.71 bits per heavy atom. The summed E-state index contributed by atoms with van der Waals surface area (Å²) < 4.78 is 6.07. The van der Waals surface area contributed by atoms with Crippen LogP contribution in [-0.4, -0.2) is 23.2 Å². The molecule has 2 rings (SSSR count). The van der Waals surface area contributed by atoms with Crippen LogP contribution in [0.5, 0.6) is 5.75 Å². The van der Waals surface area contributed by atoms with E-state index in [1.54, 1.807) is 0 Å². The molecular formula is C18H26N2O. The maximum Gasteiger partial charge on any atom is 0.145 e. The minimum Gasteiger partial charge on any atom is -0.488 e. The van der Waals surface area contributed by atoms with Crippen molar-refractivity contribution < 1.29 is 4.74 Å². The van der Waals surface area contributed by atoms with Crippen LogP contribution in [0, 0.1) is 0 Å². The van der Waals surface area contributed by atoms with Crippen molar-refractivity contribution in [2.45, 2.75) is 52.2 Å². The fraction of sp³-hybridized carbons (Fsp3) is 0.500. The molecule has 0 saturated heterocycles. The van der Waals surface area contributed by atoms with E-state index in [-0.39, 0.29) is 11.6 Å². The van der Waals surface area contributed by atoms with E-state index in [0.717, 1.165) is 36.0 Å². The van der Waals surface area contributed by atoms with Crippen molar-refractivity contribution in [1.29, 1.82) is 0 Å². The zero-order chi connectivity index (χ0) is 15.3. The maximum atomic E-state index is 6.07. The van der Waals surface area contributed by atoms with Crippen LogP contribution in [0.4, 0.5) is 0 Å². The lowest BCUT2D eigenvalue weighted by atomic mass is 10.1. The SMILES string of the molecule is CC(CCCNC(C)(C)C)Oc1cccc2cccnc12. The van der Waals surface area contributed by atoms with Crippen LogP contribution in [0.15, 0.2) is 36.5 Å². The Labute approximate surface area is 127 Å². The van der Waals surface area contributed by atoms with E-state index in [1.165, 1.54) is 0 Å². The van der Waals surface area contributed by atoms with Gasteiger partial charge in [-0.25, -0.2) is 0 Å². The lowest BCUT2D eigenvalue weighted by molar-refractivity contribution is 0.208. The van der Waals surface area contributed by atoms with Crippen molar-refractivity contribution in [3.05, 3.63) is 36.5 Å². The average Bonchev–Trinajstić information content (AvgIpc) is 2.43. The Balaban J connectivity index is 1.88. The molecule has 1 N–H and O–H groups in total. The lowest BCUT2D eigenvalue weighted by Gasteiger charge is -2.21. The molecule has 3 nitrogen and oxygen atoms in total. The van der Waals surface area contributed by atoms with Gasteiger partial charge in [-0.2, -0.15) is 0 Å². The average molecular weight is 286 g/mol. The summed E-state index contributed by atoms with van der Waals surface area (Å²) in [6.45, 7) is 9.71. The molecule has 0 aliphatic heterocycles. The first-order chi connectivity index (χ1) is 9.96. The molecule has 1 atom stereocenters. The minimum atomic E-state index is 0.184. The first kappa shape index (κ1) is 15.8. The number of pyridine rings is 1. The van der Waals surface area contributed by atoms with E-state index in [4.69, 9.17) is 4.74 Å². The molecule has 1 heterocycles. The largest absolute Gasteiger partial charge is 0.488 e. The zero-order valence-corrected chi connectivity index (χ0v) is 13.5. The number of hydrogen-bond donors (Lipinski definition) is 1. The summed E-state index contributed by atoms with van der Waals surface area (Å²) in [4.78, 5) is 4.43. The van der Waals surface area contributed by atoms with Gasteiger partial charge in [0, 0.05) is 17.1 Å². The van der Waals surface area contributed by atoms with Crippen LogP contribution in [-0.2, 0) is 0 Å². The van der Waals surface area contributed by atoms with Crippen molar-refractivity contribution >= 4 is 10.9 Å². The summed E-state index contributed by atoms with van der Waals surface area (Å²) in [7, 11) is 0. The summed E-state index contributed by atoms with van der Waals surface area (Å²) >= 11 is 0. The van der Waals surface area contributed by atoms with Crippen LogP contribution in [0.3, 0.4) is 0 Å². The highest BCUT2D eigenvalue weighted by Crippen LogP contribution is 2.24. The van der Waals surface area contributed by atoms with Gasteiger partial charge in [-0.05, 0) is 59.2 Å². The van der Waals surface area contributed by atoms with E-state index in [0.29, 0.717) is 0 Å². The van der Waals surface area contributed by atoms with Gasteiger partial charge < -0.3 is 10.1 Å². The smallest absolute Gasteiger partial charge is 0.145 e. The van der Waals surface area contributed by atoms with Gasteiger partial charge in [-0.1, -0.05) is 18.2 Å². The molecular weight excluding hydrogens is 260 g/mol. The molecule has 1 aromatic carbocycles. The van der Waals surface area contributed by atoms with Crippen molar-refractivity contribution in [2.24, 2.45) is 0 Å². The molecule has 3 heteroatoms. The molecule has 2 aromatic rings. The van der Waals surface area contributed by atoms with Crippen LogP contribution in [0.2, 0.25) is 0 Å². The second kappa shape index (κ2) is 6.90. The molecule has 0 radical (unpaired) electrons. The Kier molecular flexibility index (Phi) is 5.18. The van der Waals surface area contributed by atoms with Gasteiger partial charge in [0.1, 0.15) is 11.3 Å². The molecule has 0 fully saturated rings. The van der Waals surface area contributed by atoms with E-state index in [1.807, 2.05) is 24.4 Å². The number of para-hydroxylation sites is 1. The number of nitrogens with one attached hydrogen (secondary N) is 1. The molecule has 0 aliphatic carbocycles. The van der Waals surface area contributed by atoms with Gasteiger partial charge >= 0.3 is 0 Å². The molecule has 1 aromatic heterocycles. The van der Waals surface area contributed by atoms with Crippen molar-refractivity contribution in [2.75, 3.05) is 6.54 Å². The van der Waals surface area contributed by atoms with Crippen molar-refractivity contribution in [1.82, 2.24) is 10.3 Å². The molecule has 1 unspecified atom stereocenters. The molecule has 0 amide bonds. The summed E-state index contributed by atoms with van der Waals surface area (Å²) in [5, 5.41) is 4.62. The van der Waals surface area contributed by atoms with Crippen LogP contribution in [0.1, 0.15) is 40.5 Å². The quantitative estimate of drug-likeness (QED) is 0.809. The summed E-state index contributed by atoms with van der Waals surface area (Å²) in [5.74, 6) is 0.879. The number of nitrogens with zero attached hydrogens (tertiary/aromatic N) is 1. The number of hydrogen-bond acceptors (Lipinski definition) is 3. The molecule has 21 heavy (non-hydrogen) atoms. The highest BCUT2D eigenvalue weighted by Gasteiger charge is 2.10. The van der Waals surface area contributed by atoms with Crippen LogP contribution in [0.25, 0.3) is 10.9 Å². The first-order valence-corrected chi connectivity index (χ1v) is 7.71. The monoisotopic (exact) mass is 286 g/mol. The molecule has 0 spiro atoms. The fourth-order valence-electron chi connectivity index (χ4n) is 2.30. The van der Waals surface area contributed by atoms with E-state index >= 15 is 0 Å². The number of fused-ring (bicyclic) bond motifs is 1. The minimum absolute atomic E-state index is 0.184. The number of ether oxygens (including phenoxy) is 1. The number of benzene rings is 1. The Bertz CT molecular complexity index is 569. The van der Waals surface area contributed by atoms with Crippen molar-refractivity contribution in [3.63, 3.8) is 0 Å². The lowest BCUT2D eigenvalue weighted by Crippen LogP contribution is -2.36. The van der Waals surface area contributed by atoms with Crippen molar-refractivity contribution in [3.8, 4) is 5.75 Å². The van der Waals surface area contributed by atoms with E-state index < -0.39 is 0 Å². The molecule has 0 saturated carbocycles. The Hall–Kier alpha value is -1.61. The van der Waals surface area contributed by atoms with E-state index in [9.17, 15) is 0 Å². The third-order valence-corrected chi connectivity index (χ3v) is 3.37. The van der Waals surface area contributed by atoms with Gasteiger partial charge in [-0.3, -0.25) is 4.98 Å². The first-order valence-electron chi connectivity index (χ1n) is 7.71. The van der Waals surface area contributed by atoms with Crippen LogP contribution >= 0.6 is 0 Å². The predicted molar refractivity (Wildman–Crippen MR) is 88.8 cm³/mol. The number of rotatable bonds is 6. The van der Waals surface area contributed by atoms with Gasteiger partial charge in [0.25, 0.3) is 0 Å². The van der Waals surface area contributed by atoms with Gasteiger partial charge in [-0.15, -0.1) is 0 Å². The summed E-state index contributed by atoms with van der Waals surface area (Å²) in [5.41, 5.74) is 1.13. The normalized spacial score (nSPS) is 13.3. The number of aromatic nitrogens is 1. The van der Waals surface area contributed by atoms with Gasteiger partial charge in [0.15, 0.2) is 0 Å². The van der Waals surface area contributed by atoms with E-state index in [2.05, 4.69) is 50.1 Å². The topological polar surface area (TPSA) is 34.1 Å². The second-order valence-corrected chi connectivity index (χ2v) is 6.58. The highest BCUT2D eigenvalue weighted by atomic mass is 16.5. The van der Waals surface area contributed by atoms with Crippen LogP contribution < -0.4 is 10.1 Å². The molecule has 114 valence electrons. The predicted octanol–water partition coefficient (Wildman–Crippen LogP) is 4.17. The molecule has 0 aliphatic rings. The Morgan fingerprint density at radius 2 is 1.95 bits per heavy atom. The summed E-state index contributed by atoms with van der Waals surface area (Å²) in [6.07, 6.45) is 4.15. The third kappa shape index (κ3) is 5.01. The molecule has 0 bridgehead atoms. The zero-order valence-electron chi connectivity index (χ0n) is 13.5. The fourth-order valence-corrected chi connectivity index (χ4v) is 2.30. The van der Waals surface area contributed by atoms with Gasteiger partial charge in [0.2, 0.25) is 0 Å². The standard InChI is InChI=1S/C18H26N2O/c1-14(8-6-13-20-18(2,3)4)21-16-11-5-9-15-10-7-12-19-17(15)16/h5,7,9-12,14,20H,6,8,13H2,1-4H3. The third-order valence-electron chi connectivity index (χ3n) is 3.37.